The van der Waals surface area contributed by atoms with Crippen LogP contribution in [0.15, 0.2) is 18.3 Å². The molecule has 0 aromatic carbocycles. The van der Waals surface area contributed by atoms with Gasteiger partial charge in [-0.25, -0.2) is 0 Å². The lowest BCUT2D eigenvalue weighted by Crippen LogP contribution is -1.98. The lowest BCUT2D eigenvalue weighted by molar-refractivity contribution is 1.47. The van der Waals surface area contributed by atoms with Crippen molar-refractivity contribution in [2.75, 3.05) is 0 Å². The van der Waals surface area contributed by atoms with Crippen molar-refractivity contribution in [3.8, 4) is 0 Å². The zero-order valence-electron chi connectivity index (χ0n) is 3.31. The maximum atomic E-state index is 5.22. The van der Waals surface area contributed by atoms with Gasteiger partial charge in [-0.05, 0) is 17.9 Å². The summed E-state index contributed by atoms with van der Waals surface area (Å²) >= 11 is 0. The van der Waals surface area contributed by atoms with Gasteiger partial charge in [-0.1, -0.05) is 6.07 Å². The van der Waals surface area contributed by atoms with Crippen molar-refractivity contribution < 1.29 is 0 Å². The molecule has 2 radical (unpaired) electrons. The summed E-state index contributed by atoms with van der Waals surface area (Å²) in [6.45, 7) is 0. The predicted molar refractivity (Wildman–Crippen MR) is 26.2 cm³/mol. The Morgan fingerprint density at radius 2 is 2.50 bits per heavy atom. The van der Waals surface area contributed by atoms with Gasteiger partial charge in [0.2, 0.25) is 0 Å². The molecule has 1 nitrogen and oxygen atoms in total. The van der Waals surface area contributed by atoms with Crippen LogP contribution in [0, 0.1) is 0 Å². The van der Waals surface area contributed by atoms with Gasteiger partial charge in [0, 0.05) is 0 Å². The van der Waals surface area contributed by atoms with Crippen LogP contribution >= 0.6 is 0 Å². The fourth-order valence-electron chi connectivity index (χ4n) is 0.344. The summed E-state index contributed by atoms with van der Waals surface area (Å²) in [6, 6.07) is 3.66. The molecule has 0 amide bonds. The highest BCUT2D eigenvalue weighted by Gasteiger charge is 1.72. The van der Waals surface area contributed by atoms with Crippen LogP contribution in [-0.2, 0) is 0 Å². The zero-order chi connectivity index (χ0) is 4.41. The van der Waals surface area contributed by atoms with Crippen LogP contribution in [0.4, 0.5) is 0 Å². The predicted octanol–water partition coefficient (Wildman–Crippen LogP) is -0.191. The van der Waals surface area contributed by atoms with E-state index < -0.39 is 0 Å². The highest BCUT2D eigenvalue weighted by molar-refractivity contribution is 6.30. The van der Waals surface area contributed by atoms with Gasteiger partial charge >= 0.3 is 0 Å². The molecular formula is C4H4BN. The molecule has 0 saturated heterocycles. The highest BCUT2D eigenvalue weighted by Crippen LogP contribution is 1.68. The third kappa shape index (κ3) is 0.457. The fourth-order valence-corrected chi connectivity index (χ4v) is 0.344. The maximum Gasteiger partial charge on any atom is 0.138 e. The molecule has 28 valence electrons. The number of hydrogen-bond donors (Lipinski definition) is 1. The number of hydrogen-bond acceptors (Lipinski definition) is 0. The van der Waals surface area contributed by atoms with Gasteiger partial charge < -0.3 is 4.98 Å². The minimum atomic E-state index is 0.718. The molecule has 0 saturated carbocycles. The molecule has 0 unspecified atom stereocenters. The Hall–Kier alpha value is -0.655. The SMILES string of the molecule is [B]c1ccc[nH]1. The van der Waals surface area contributed by atoms with E-state index in [4.69, 9.17) is 7.85 Å². The average molecular weight is 76.9 g/mol. The molecule has 0 spiro atoms. The maximum absolute atomic E-state index is 5.22. The first-order valence-corrected chi connectivity index (χ1v) is 1.78. The minimum Gasteiger partial charge on any atom is -0.375 e. The Bertz CT molecular complexity index is 111. The van der Waals surface area contributed by atoms with Crippen molar-refractivity contribution in [3.63, 3.8) is 0 Å². The Balaban J connectivity index is 3.05. The van der Waals surface area contributed by atoms with Gasteiger partial charge in [0.1, 0.15) is 7.85 Å². The lowest BCUT2D eigenvalue weighted by atomic mass is 10.1. The van der Waals surface area contributed by atoms with Crippen LogP contribution in [-0.4, -0.2) is 12.8 Å². The third-order valence-electron chi connectivity index (χ3n) is 0.622. The third-order valence-corrected chi connectivity index (χ3v) is 0.622. The van der Waals surface area contributed by atoms with E-state index in [-0.39, 0.29) is 0 Å². The van der Waals surface area contributed by atoms with E-state index in [2.05, 4.69) is 4.98 Å². The number of aromatic nitrogens is 1. The fraction of sp³-hybridized carbons (Fsp3) is 0. The molecule has 0 aliphatic rings. The summed E-state index contributed by atoms with van der Waals surface area (Å²) in [5, 5.41) is 0. The van der Waals surface area contributed by atoms with Crippen molar-refractivity contribution >= 4 is 13.4 Å². The molecule has 0 aliphatic heterocycles. The first-order chi connectivity index (χ1) is 2.89. The van der Waals surface area contributed by atoms with Crippen molar-refractivity contribution in [2.24, 2.45) is 0 Å². The summed E-state index contributed by atoms with van der Waals surface area (Å²) in [7, 11) is 5.22. The van der Waals surface area contributed by atoms with Crippen molar-refractivity contribution in [1.82, 2.24) is 4.98 Å². The molecule has 1 aromatic rings. The molecule has 0 atom stereocenters. The van der Waals surface area contributed by atoms with E-state index in [0.717, 1.165) is 5.59 Å². The van der Waals surface area contributed by atoms with E-state index in [9.17, 15) is 0 Å². The van der Waals surface area contributed by atoms with Crippen molar-refractivity contribution in [1.29, 1.82) is 0 Å². The highest BCUT2D eigenvalue weighted by atomic mass is 14.6. The molecule has 1 N–H and O–H groups in total. The molecule has 6 heavy (non-hydrogen) atoms. The molecule has 0 fully saturated rings. The minimum absolute atomic E-state index is 0.718. The lowest BCUT2D eigenvalue weighted by Gasteiger charge is -1.70. The second kappa shape index (κ2) is 1.21. The Morgan fingerprint density at radius 1 is 1.67 bits per heavy atom. The Morgan fingerprint density at radius 3 is 2.67 bits per heavy atom. The second-order valence-corrected chi connectivity index (χ2v) is 1.13. The van der Waals surface area contributed by atoms with Crippen LogP contribution in [0.2, 0.25) is 0 Å². The molecule has 0 aliphatic carbocycles. The van der Waals surface area contributed by atoms with Crippen LogP contribution in [0.25, 0.3) is 0 Å². The van der Waals surface area contributed by atoms with E-state index in [1.54, 1.807) is 12.3 Å². The summed E-state index contributed by atoms with van der Waals surface area (Å²) in [6.07, 6.45) is 1.79. The summed E-state index contributed by atoms with van der Waals surface area (Å²) in [5.41, 5.74) is 0.718. The smallest absolute Gasteiger partial charge is 0.138 e. The van der Waals surface area contributed by atoms with Crippen molar-refractivity contribution in [3.05, 3.63) is 18.3 Å². The Kier molecular flexibility index (Phi) is 0.711. The average Bonchev–Trinajstić information content (AvgIpc) is 1.86. The standard InChI is InChI=1S/C4H4BN/c5-4-2-1-3-6-4/h1-3,6H. The quantitative estimate of drug-likeness (QED) is 0.413. The summed E-state index contributed by atoms with van der Waals surface area (Å²) in [4.78, 5) is 2.78. The van der Waals surface area contributed by atoms with Gasteiger partial charge in [0.25, 0.3) is 0 Å². The number of nitrogens with one attached hydrogen (secondary N) is 1. The summed E-state index contributed by atoms with van der Waals surface area (Å²) in [5.74, 6) is 0. The largest absolute Gasteiger partial charge is 0.375 e. The van der Waals surface area contributed by atoms with Crippen LogP contribution < -0.4 is 5.59 Å². The van der Waals surface area contributed by atoms with Crippen LogP contribution in [0.1, 0.15) is 0 Å². The van der Waals surface area contributed by atoms with E-state index >= 15 is 0 Å². The molecule has 1 rings (SSSR count). The first-order valence-electron chi connectivity index (χ1n) is 1.78. The number of H-pyrrole nitrogens is 1. The Labute approximate surface area is 37.8 Å². The van der Waals surface area contributed by atoms with Gasteiger partial charge in [-0.2, -0.15) is 0 Å². The molecule has 0 bridgehead atoms. The molecule has 1 heterocycles. The molecule has 1 aromatic heterocycles. The summed E-state index contributed by atoms with van der Waals surface area (Å²) < 4.78 is 0. The zero-order valence-corrected chi connectivity index (χ0v) is 3.31. The van der Waals surface area contributed by atoms with Gasteiger partial charge in [-0.3, -0.25) is 0 Å². The molecule has 2 heteroatoms. The monoisotopic (exact) mass is 77.0 g/mol. The first kappa shape index (κ1) is 3.53. The van der Waals surface area contributed by atoms with Crippen LogP contribution in [0.3, 0.4) is 0 Å². The van der Waals surface area contributed by atoms with Crippen molar-refractivity contribution in [2.45, 2.75) is 0 Å². The molecular weight excluding hydrogens is 72.9 g/mol. The van der Waals surface area contributed by atoms with Gasteiger partial charge in [0.15, 0.2) is 0 Å². The topological polar surface area (TPSA) is 15.8 Å². The second-order valence-electron chi connectivity index (χ2n) is 1.13. The van der Waals surface area contributed by atoms with Gasteiger partial charge in [-0.15, -0.1) is 0 Å². The van der Waals surface area contributed by atoms with E-state index in [1.807, 2.05) is 6.07 Å². The normalized spacial score (nSPS) is 8.67. The van der Waals surface area contributed by atoms with Crippen LogP contribution in [0.5, 0.6) is 0 Å². The number of aromatic amines is 1. The van der Waals surface area contributed by atoms with E-state index in [1.165, 1.54) is 0 Å². The van der Waals surface area contributed by atoms with E-state index in [0.29, 0.717) is 0 Å². The van der Waals surface area contributed by atoms with Gasteiger partial charge in [0.05, 0.1) is 0 Å². The number of rotatable bonds is 0.